The van der Waals surface area contributed by atoms with Gasteiger partial charge in [0, 0.05) is 5.56 Å². The van der Waals surface area contributed by atoms with Gasteiger partial charge in [-0.25, -0.2) is 0 Å². The van der Waals surface area contributed by atoms with Crippen LogP contribution >= 0.6 is 0 Å². The van der Waals surface area contributed by atoms with Crippen molar-refractivity contribution >= 4 is 0 Å². The summed E-state index contributed by atoms with van der Waals surface area (Å²) in [5.41, 5.74) is 9.22. The number of nitrogens with two attached hydrogens (primary N) is 1. The molecule has 0 aliphatic heterocycles. The molecule has 1 unspecified atom stereocenters. The minimum Gasteiger partial charge on any atom is -0.377 e. The van der Waals surface area contributed by atoms with E-state index in [9.17, 15) is 0 Å². The van der Waals surface area contributed by atoms with Crippen LogP contribution in [-0.4, -0.2) is 22.9 Å². The van der Waals surface area contributed by atoms with Crippen LogP contribution in [0, 0.1) is 13.8 Å². The molecule has 1 aromatic heterocycles. The summed E-state index contributed by atoms with van der Waals surface area (Å²) in [6, 6.07) is 5.75. The van der Waals surface area contributed by atoms with Gasteiger partial charge >= 0.3 is 0 Å². The first-order valence-electron chi connectivity index (χ1n) is 6.75. The minimum absolute atomic E-state index is 0.131. The second-order valence-electron chi connectivity index (χ2n) is 5.32. The average Bonchev–Trinajstić information content (AvgIpc) is 2.84. The molecule has 0 bridgehead atoms. The lowest BCUT2D eigenvalue weighted by atomic mass is 10.1. The van der Waals surface area contributed by atoms with E-state index < -0.39 is 0 Å². The SMILES string of the molecule is Cc1cc(C)cc(-c2nc(C(N)COC(C)C)no2)c1. The molecule has 5 nitrogen and oxygen atoms in total. The standard InChI is InChI=1S/C15H21N3O2/c1-9(2)19-8-13(16)14-17-15(20-18-14)12-6-10(3)5-11(4)7-12/h5-7,9,13H,8,16H2,1-4H3. The summed E-state index contributed by atoms with van der Waals surface area (Å²) in [5.74, 6) is 0.964. The molecule has 2 N–H and O–H groups in total. The van der Waals surface area contributed by atoms with Gasteiger partial charge in [0.05, 0.1) is 18.8 Å². The minimum atomic E-state index is -0.374. The molecule has 1 aromatic carbocycles. The summed E-state index contributed by atoms with van der Waals surface area (Å²) in [6.07, 6.45) is 0.131. The highest BCUT2D eigenvalue weighted by Crippen LogP contribution is 2.21. The number of aromatic nitrogens is 2. The van der Waals surface area contributed by atoms with E-state index in [2.05, 4.69) is 16.2 Å². The summed E-state index contributed by atoms with van der Waals surface area (Å²) < 4.78 is 10.8. The van der Waals surface area contributed by atoms with Crippen LogP contribution in [0.1, 0.15) is 36.8 Å². The number of benzene rings is 1. The second-order valence-corrected chi connectivity index (χ2v) is 5.32. The Morgan fingerprint density at radius 1 is 1.20 bits per heavy atom. The van der Waals surface area contributed by atoms with E-state index in [1.807, 2.05) is 39.8 Å². The van der Waals surface area contributed by atoms with Gasteiger partial charge in [0.25, 0.3) is 5.89 Å². The van der Waals surface area contributed by atoms with Crippen LogP contribution in [-0.2, 0) is 4.74 Å². The third-order valence-corrected chi connectivity index (χ3v) is 2.85. The Balaban J connectivity index is 2.15. The van der Waals surface area contributed by atoms with E-state index >= 15 is 0 Å². The van der Waals surface area contributed by atoms with Gasteiger partial charge < -0.3 is 15.0 Å². The van der Waals surface area contributed by atoms with Crippen LogP contribution in [0.5, 0.6) is 0 Å². The fourth-order valence-electron chi connectivity index (χ4n) is 1.97. The number of hydrogen-bond donors (Lipinski definition) is 1. The van der Waals surface area contributed by atoms with Crippen LogP contribution < -0.4 is 5.73 Å². The van der Waals surface area contributed by atoms with Gasteiger partial charge in [-0.15, -0.1) is 0 Å². The Morgan fingerprint density at radius 2 is 1.85 bits per heavy atom. The molecule has 1 atom stereocenters. The molecule has 0 aliphatic carbocycles. The van der Waals surface area contributed by atoms with Gasteiger partial charge in [0.15, 0.2) is 5.82 Å². The Kier molecular flexibility index (Phi) is 4.52. The quantitative estimate of drug-likeness (QED) is 0.908. The summed E-state index contributed by atoms with van der Waals surface area (Å²) >= 11 is 0. The van der Waals surface area contributed by atoms with Crippen molar-refractivity contribution in [1.82, 2.24) is 10.1 Å². The van der Waals surface area contributed by atoms with E-state index in [1.54, 1.807) is 0 Å². The molecule has 5 heteroatoms. The third kappa shape index (κ3) is 3.65. The number of aryl methyl sites for hydroxylation is 2. The maximum absolute atomic E-state index is 5.98. The van der Waals surface area contributed by atoms with Crippen molar-refractivity contribution in [3.8, 4) is 11.5 Å². The van der Waals surface area contributed by atoms with E-state index in [0.717, 1.165) is 16.7 Å². The molecule has 0 aliphatic rings. The summed E-state index contributed by atoms with van der Waals surface area (Å²) in [5, 5.41) is 3.94. The van der Waals surface area contributed by atoms with E-state index in [1.165, 1.54) is 0 Å². The molecule has 2 aromatic rings. The molecule has 0 amide bonds. The molecule has 20 heavy (non-hydrogen) atoms. The highest BCUT2D eigenvalue weighted by Gasteiger charge is 2.16. The smallest absolute Gasteiger partial charge is 0.258 e. The highest BCUT2D eigenvalue weighted by atomic mass is 16.5. The monoisotopic (exact) mass is 275 g/mol. The molecular formula is C15H21N3O2. The van der Waals surface area contributed by atoms with Crippen molar-refractivity contribution in [2.75, 3.05) is 6.61 Å². The van der Waals surface area contributed by atoms with Crippen LogP contribution in [0.15, 0.2) is 22.7 Å². The molecule has 0 saturated carbocycles. The summed E-state index contributed by atoms with van der Waals surface area (Å²) in [4.78, 5) is 4.36. The van der Waals surface area contributed by atoms with Gasteiger partial charge in [0.2, 0.25) is 0 Å². The Bertz CT molecular complexity index is 558. The molecule has 0 saturated heterocycles. The topological polar surface area (TPSA) is 74.2 Å². The van der Waals surface area contributed by atoms with Crippen molar-refractivity contribution in [3.63, 3.8) is 0 Å². The number of ether oxygens (including phenoxy) is 1. The first kappa shape index (κ1) is 14.7. The molecule has 2 rings (SSSR count). The molecule has 0 fully saturated rings. The number of nitrogens with zero attached hydrogens (tertiary/aromatic N) is 2. The van der Waals surface area contributed by atoms with Gasteiger partial charge in [0.1, 0.15) is 0 Å². The fourth-order valence-corrected chi connectivity index (χ4v) is 1.97. The lowest BCUT2D eigenvalue weighted by molar-refractivity contribution is 0.0665. The molecule has 0 radical (unpaired) electrons. The Morgan fingerprint density at radius 3 is 2.45 bits per heavy atom. The first-order valence-corrected chi connectivity index (χ1v) is 6.75. The lowest BCUT2D eigenvalue weighted by Crippen LogP contribution is -2.20. The van der Waals surface area contributed by atoms with Crippen molar-refractivity contribution in [3.05, 3.63) is 35.2 Å². The Hall–Kier alpha value is -1.72. The van der Waals surface area contributed by atoms with E-state index in [0.29, 0.717) is 18.3 Å². The predicted octanol–water partition coefficient (Wildman–Crippen LogP) is 2.78. The fraction of sp³-hybridized carbons (Fsp3) is 0.467. The zero-order chi connectivity index (χ0) is 14.7. The predicted molar refractivity (Wildman–Crippen MR) is 77.2 cm³/mol. The second kappa shape index (κ2) is 6.15. The zero-order valence-electron chi connectivity index (χ0n) is 12.4. The summed E-state index contributed by atoms with van der Waals surface area (Å²) in [7, 11) is 0. The largest absolute Gasteiger partial charge is 0.377 e. The Labute approximate surface area is 119 Å². The van der Waals surface area contributed by atoms with E-state index in [4.69, 9.17) is 15.0 Å². The zero-order valence-corrected chi connectivity index (χ0v) is 12.4. The van der Waals surface area contributed by atoms with Crippen LogP contribution in [0.25, 0.3) is 11.5 Å². The molecule has 108 valence electrons. The van der Waals surface area contributed by atoms with Crippen molar-refractivity contribution < 1.29 is 9.26 Å². The van der Waals surface area contributed by atoms with Crippen molar-refractivity contribution in [1.29, 1.82) is 0 Å². The maximum Gasteiger partial charge on any atom is 0.258 e. The normalized spacial score (nSPS) is 12.9. The van der Waals surface area contributed by atoms with Crippen LogP contribution in [0.3, 0.4) is 0 Å². The first-order chi connectivity index (χ1) is 9.45. The summed E-state index contributed by atoms with van der Waals surface area (Å²) in [6.45, 7) is 8.38. The molecule has 0 spiro atoms. The van der Waals surface area contributed by atoms with Crippen LogP contribution in [0.4, 0.5) is 0 Å². The third-order valence-electron chi connectivity index (χ3n) is 2.85. The van der Waals surface area contributed by atoms with Gasteiger partial charge in [-0.3, -0.25) is 0 Å². The molecule has 1 heterocycles. The average molecular weight is 275 g/mol. The van der Waals surface area contributed by atoms with Gasteiger partial charge in [-0.2, -0.15) is 4.98 Å². The van der Waals surface area contributed by atoms with E-state index in [-0.39, 0.29) is 12.1 Å². The van der Waals surface area contributed by atoms with Crippen LogP contribution in [0.2, 0.25) is 0 Å². The molecular weight excluding hydrogens is 254 g/mol. The lowest BCUT2D eigenvalue weighted by Gasteiger charge is -2.10. The van der Waals surface area contributed by atoms with Gasteiger partial charge in [-0.05, 0) is 39.8 Å². The van der Waals surface area contributed by atoms with Crippen molar-refractivity contribution in [2.24, 2.45) is 5.73 Å². The van der Waals surface area contributed by atoms with Gasteiger partial charge in [-0.1, -0.05) is 22.3 Å². The number of rotatable bonds is 5. The van der Waals surface area contributed by atoms with Crippen molar-refractivity contribution in [2.45, 2.75) is 39.8 Å². The number of hydrogen-bond acceptors (Lipinski definition) is 5. The maximum atomic E-state index is 5.98. The highest BCUT2D eigenvalue weighted by molar-refractivity contribution is 5.55.